The molecule has 0 aliphatic heterocycles. The van der Waals surface area contributed by atoms with Gasteiger partial charge in [-0.05, 0) is 39.2 Å². The number of phenols is 1. The lowest BCUT2D eigenvalue weighted by Crippen LogP contribution is -2.19. The lowest BCUT2D eigenvalue weighted by molar-refractivity contribution is 0.371. The molecule has 108 valence electrons. The van der Waals surface area contributed by atoms with Crippen LogP contribution in [-0.4, -0.2) is 12.2 Å². The highest BCUT2D eigenvalue weighted by atomic mass is 79.9. The Labute approximate surface area is 132 Å². The van der Waals surface area contributed by atoms with Crippen molar-refractivity contribution in [2.24, 2.45) is 0 Å². The van der Waals surface area contributed by atoms with Gasteiger partial charge >= 0.3 is 0 Å². The van der Waals surface area contributed by atoms with Crippen LogP contribution in [0.1, 0.15) is 17.2 Å². The highest BCUT2D eigenvalue weighted by Crippen LogP contribution is 2.36. The van der Waals surface area contributed by atoms with Crippen molar-refractivity contribution in [3.05, 3.63) is 58.1 Å². The second-order valence-corrected chi connectivity index (χ2v) is 5.34. The topological polar surface area (TPSA) is 65.3 Å². The number of ether oxygens (including phenoxy) is 1. The summed E-state index contributed by atoms with van der Waals surface area (Å²) >= 11 is 3.26. The monoisotopic (exact) mass is 346 g/mol. The van der Waals surface area contributed by atoms with Crippen molar-refractivity contribution in [3.8, 4) is 17.6 Å². The number of nitriles is 1. The molecular weight excluding hydrogens is 332 g/mol. The molecule has 0 fully saturated rings. The van der Waals surface area contributed by atoms with Crippen LogP contribution in [0.5, 0.6) is 11.5 Å². The molecule has 2 aromatic carbocycles. The molecule has 0 heterocycles. The van der Waals surface area contributed by atoms with Gasteiger partial charge in [0.2, 0.25) is 0 Å². The molecule has 2 rings (SSSR count). The number of nitrogens with zero attached hydrogens (tertiary/aromatic N) is 1. The first-order valence-electron chi connectivity index (χ1n) is 6.39. The number of nitrogens with one attached hydrogen (secondary N) is 1. The molecule has 0 amide bonds. The van der Waals surface area contributed by atoms with Crippen LogP contribution < -0.4 is 10.1 Å². The molecule has 0 radical (unpaired) electrons. The van der Waals surface area contributed by atoms with Crippen molar-refractivity contribution in [1.82, 2.24) is 5.32 Å². The second-order valence-electron chi connectivity index (χ2n) is 4.48. The zero-order valence-electron chi connectivity index (χ0n) is 11.5. The zero-order valence-corrected chi connectivity index (χ0v) is 13.1. The Morgan fingerprint density at radius 3 is 2.67 bits per heavy atom. The van der Waals surface area contributed by atoms with Gasteiger partial charge < -0.3 is 9.84 Å². The Morgan fingerprint density at radius 2 is 2.05 bits per heavy atom. The van der Waals surface area contributed by atoms with E-state index in [0.29, 0.717) is 16.8 Å². The highest BCUT2D eigenvalue weighted by Gasteiger charge is 2.15. The van der Waals surface area contributed by atoms with E-state index in [4.69, 9.17) is 4.74 Å². The number of hydrogen-bond donors (Lipinski definition) is 2. The molecule has 1 unspecified atom stereocenters. The van der Waals surface area contributed by atoms with Gasteiger partial charge in [0.05, 0.1) is 17.7 Å². The average Bonchev–Trinajstić information content (AvgIpc) is 2.52. The Kier molecular flexibility index (Phi) is 5.20. The predicted molar refractivity (Wildman–Crippen MR) is 84.0 cm³/mol. The average molecular weight is 347 g/mol. The number of benzene rings is 2. The Balaban J connectivity index is 2.18. The lowest BCUT2D eigenvalue weighted by Gasteiger charge is -2.14. The van der Waals surface area contributed by atoms with Crippen LogP contribution >= 0.6 is 15.9 Å². The summed E-state index contributed by atoms with van der Waals surface area (Å²) in [5.74, 6) is 0.363. The molecule has 0 saturated heterocycles. The van der Waals surface area contributed by atoms with Crippen molar-refractivity contribution in [3.63, 3.8) is 0 Å². The lowest BCUT2D eigenvalue weighted by atomic mass is 10.1. The first kappa shape index (κ1) is 15.4. The number of halogens is 1. The smallest absolute Gasteiger partial charge is 0.172 e. The van der Waals surface area contributed by atoms with Crippen LogP contribution in [0.4, 0.5) is 0 Å². The van der Waals surface area contributed by atoms with Crippen molar-refractivity contribution >= 4 is 15.9 Å². The standard InChI is InChI=1S/C16H15BrN2O2/c1-21-15-8-12(7-13(17)16(15)20)14(9-18)19-10-11-5-3-2-4-6-11/h2-8,14,19-20H,10H2,1H3. The van der Waals surface area contributed by atoms with Gasteiger partial charge in [0.15, 0.2) is 11.5 Å². The van der Waals surface area contributed by atoms with Crippen LogP contribution in [0.15, 0.2) is 46.9 Å². The highest BCUT2D eigenvalue weighted by molar-refractivity contribution is 9.10. The molecule has 0 bridgehead atoms. The van der Waals surface area contributed by atoms with Gasteiger partial charge in [-0.3, -0.25) is 5.32 Å². The molecular formula is C16H15BrN2O2. The van der Waals surface area contributed by atoms with Crippen LogP contribution in [0.3, 0.4) is 0 Å². The quantitative estimate of drug-likeness (QED) is 0.869. The van der Waals surface area contributed by atoms with Crippen molar-refractivity contribution in [2.75, 3.05) is 7.11 Å². The number of hydrogen-bond acceptors (Lipinski definition) is 4. The molecule has 4 nitrogen and oxygen atoms in total. The fourth-order valence-corrected chi connectivity index (χ4v) is 2.43. The minimum absolute atomic E-state index is 0.0287. The number of rotatable bonds is 5. The molecule has 1 atom stereocenters. The third-order valence-corrected chi connectivity index (χ3v) is 3.69. The third-order valence-electron chi connectivity index (χ3n) is 3.09. The summed E-state index contributed by atoms with van der Waals surface area (Å²) in [5.41, 5.74) is 1.83. The summed E-state index contributed by atoms with van der Waals surface area (Å²) in [7, 11) is 1.48. The maximum atomic E-state index is 9.81. The van der Waals surface area contributed by atoms with Crippen LogP contribution in [0.2, 0.25) is 0 Å². The van der Waals surface area contributed by atoms with Crippen molar-refractivity contribution in [2.45, 2.75) is 12.6 Å². The predicted octanol–water partition coefficient (Wildman–Crippen LogP) is 3.52. The largest absolute Gasteiger partial charge is 0.503 e. The van der Waals surface area contributed by atoms with Gasteiger partial charge in [-0.2, -0.15) is 5.26 Å². The van der Waals surface area contributed by atoms with E-state index in [0.717, 1.165) is 11.1 Å². The minimum Gasteiger partial charge on any atom is -0.503 e. The van der Waals surface area contributed by atoms with E-state index in [1.165, 1.54) is 7.11 Å². The molecule has 0 aliphatic rings. The van der Waals surface area contributed by atoms with E-state index in [2.05, 4.69) is 27.3 Å². The van der Waals surface area contributed by atoms with E-state index in [9.17, 15) is 10.4 Å². The molecule has 21 heavy (non-hydrogen) atoms. The van der Waals surface area contributed by atoms with E-state index < -0.39 is 6.04 Å². The molecule has 2 aromatic rings. The molecule has 0 aliphatic carbocycles. The summed E-state index contributed by atoms with van der Waals surface area (Å²) < 4.78 is 5.61. The first-order chi connectivity index (χ1) is 10.2. The number of phenolic OH excluding ortho intramolecular Hbond substituents is 1. The normalized spacial score (nSPS) is 11.7. The number of methoxy groups -OCH3 is 1. The fourth-order valence-electron chi connectivity index (χ4n) is 1.97. The Hall–Kier alpha value is -2.03. The van der Waals surface area contributed by atoms with Gasteiger partial charge in [-0.15, -0.1) is 0 Å². The maximum absolute atomic E-state index is 9.81. The Bertz CT molecular complexity index is 653. The third kappa shape index (κ3) is 3.75. The SMILES string of the molecule is COc1cc(C(C#N)NCc2ccccc2)cc(Br)c1O. The summed E-state index contributed by atoms with van der Waals surface area (Å²) in [6.07, 6.45) is 0. The van der Waals surface area contributed by atoms with Gasteiger partial charge in [0.1, 0.15) is 6.04 Å². The van der Waals surface area contributed by atoms with Crippen LogP contribution in [0.25, 0.3) is 0 Å². The zero-order chi connectivity index (χ0) is 15.2. The number of aromatic hydroxyl groups is 1. The maximum Gasteiger partial charge on any atom is 0.172 e. The van der Waals surface area contributed by atoms with Crippen LogP contribution in [0, 0.1) is 11.3 Å². The van der Waals surface area contributed by atoms with E-state index in [1.54, 1.807) is 12.1 Å². The molecule has 0 spiro atoms. The summed E-state index contributed by atoms with van der Waals surface area (Å²) in [6, 6.07) is 15.0. The first-order valence-corrected chi connectivity index (χ1v) is 7.18. The van der Waals surface area contributed by atoms with E-state index in [-0.39, 0.29) is 5.75 Å². The Morgan fingerprint density at radius 1 is 1.33 bits per heavy atom. The molecule has 0 saturated carbocycles. The van der Waals surface area contributed by atoms with Crippen molar-refractivity contribution in [1.29, 1.82) is 5.26 Å². The summed E-state index contributed by atoms with van der Waals surface area (Å²) in [4.78, 5) is 0. The fraction of sp³-hybridized carbons (Fsp3) is 0.188. The van der Waals surface area contributed by atoms with Gasteiger partial charge in [-0.25, -0.2) is 0 Å². The molecule has 5 heteroatoms. The van der Waals surface area contributed by atoms with Gasteiger partial charge in [0.25, 0.3) is 0 Å². The molecule has 2 N–H and O–H groups in total. The van der Waals surface area contributed by atoms with E-state index >= 15 is 0 Å². The minimum atomic E-state index is -0.490. The van der Waals surface area contributed by atoms with Crippen molar-refractivity contribution < 1.29 is 9.84 Å². The molecule has 0 aromatic heterocycles. The second kappa shape index (κ2) is 7.11. The summed E-state index contributed by atoms with van der Waals surface area (Å²) in [6.45, 7) is 0.583. The summed E-state index contributed by atoms with van der Waals surface area (Å²) in [5, 5.41) is 22.3. The van der Waals surface area contributed by atoms with Crippen LogP contribution in [-0.2, 0) is 6.54 Å². The van der Waals surface area contributed by atoms with Gasteiger partial charge in [0, 0.05) is 6.54 Å². The van der Waals surface area contributed by atoms with E-state index in [1.807, 2.05) is 30.3 Å². The van der Waals surface area contributed by atoms with Gasteiger partial charge in [-0.1, -0.05) is 30.3 Å².